The van der Waals surface area contributed by atoms with Crippen LogP contribution in [0.2, 0.25) is 0 Å². The second kappa shape index (κ2) is 8.57. The van der Waals surface area contributed by atoms with Gasteiger partial charge in [-0.25, -0.2) is 9.37 Å². The van der Waals surface area contributed by atoms with E-state index in [1.165, 1.54) is 29.1 Å². The van der Waals surface area contributed by atoms with Crippen LogP contribution in [0.4, 0.5) is 4.39 Å². The van der Waals surface area contributed by atoms with Gasteiger partial charge in [0.05, 0.1) is 12.0 Å². The molecule has 1 N–H and O–H groups in total. The highest BCUT2D eigenvalue weighted by atomic mass is 19.1. The van der Waals surface area contributed by atoms with Gasteiger partial charge in [-0.2, -0.15) is 0 Å². The topological polar surface area (TPSA) is 68.9 Å². The van der Waals surface area contributed by atoms with Crippen LogP contribution in [0.1, 0.15) is 10.4 Å². The highest BCUT2D eigenvalue weighted by Crippen LogP contribution is 2.15. The molecule has 0 fully saturated rings. The average Bonchev–Trinajstić information content (AvgIpc) is 3.30. The van der Waals surface area contributed by atoms with Gasteiger partial charge in [-0.1, -0.05) is 0 Å². The van der Waals surface area contributed by atoms with Crippen LogP contribution in [0.3, 0.4) is 0 Å². The minimum Gasteiger partial charge on any atom is -0.350 e. The molecule has 150 valence electrons. The highest BCUT2D eigenvalue weighted by molar-refractivity contribution is 5.94. The SMILES string of the molecule is O=C(NCCn1cnc(-c2ccc(F)cc2)cc1=O)c1ccc(-n2cccc2)cc1. The van der Waals surface area contributed by atoms with Crippen molar-refractivity contribution in [2.24, 2.45) is 0 Å². The van der Waals surface area contributed by atoms with E-state index >= 15 is 0 Å². The molecule has 4 aromatic rings. The van der Waals surface area contributed by atoms with Crippen LogP contribution in [-0.4, -0.2) is 26.6 Å². The van der Waals surface area contributed by atoms with Crippen molar-refractivity contribution in [2.45, 2.75) is 6.54 Å². The van der Waals surface area contributed by atoms with E-state index in [0.717, 1.165) is 5.69 Å². The molecular formula is C23H19FN4O2. The first-order chi connectivity index (χ1) is 14.6. The Labute approximate surface area is 172 Å². The maximum atomic E-state index is 13.0. The lowest BCUT2D eigenvalue weighted by Crippen LogP contribution is -2.30. The summed E-state index contributed by atoms with van der Waals surface area (Å²) in [6.07, 6.45) is 5.30. The number of nitrogens with zero attached hydrogens (tertiary/aromatic N) is 3. The molecule has 0 aliphatic carbocycles. The van der Waals surface area contributed by atoms with Gasteiger partial charge in [0.15, 0.2) is 0 Å². The molecule has 4 rings (SSSR count). The number of hydrogen-bond acceptors (Lipinski definition) is 3. The van der Waals surface area contributed by atoms with E-state index in [4.69, 9.17) is 0 Å². The maximum Gasteiger partial charge on any atom is 0.253 e. The normalized spacial score (nSPS) is 10.7. The number of nitrogens with one attached hydrogen (secondary N) is 1. The zero-order chi connectivity index (χ0) is 20.9. The summed E-state index contributed by atoms with van der Waals surface area (Å²) in [4.78, 5) is 28.9. The molecule has 0 atom stereocenters. The summed E-state index contributed by atoms with van der Waals surface area (Å²) in [6.45, 7) is 0.582. The van der Waals surface area contributed by atoms with Crippen LogP contribution < -0.4 is 10.9 Å². The zero-order valence-corrected chi connectivity index (χ0v) is 16.0. The summed E-state index contributed by atoms with van der Waals surface area (Å²) in [5.74, 6) is -0.555. The van der Waals surface area contributed by atoms with E-state index in [9.17, 15) is 14.0 Å². The fourth-order valence-electron chi connectivity index (χ4n) is 3.06. The Morgan fingerprint density at radius 1 is 1.00 bits per heavy atom. The molecule has 0 aliphatic rings. The first kappa shape index (κ1) is 19.3. The maximum absolute atomic E-state index is 13.0. The Morgan fingerprint density at radius 3 is 2.37 bits per heavy atom. The van der Waals surface area contributed by atoms with Crippen LogP contribution in [0.15, 0.2) is 90.2 Å². The van der Waals surface area contributed by atoms with Gasteiger partial charge < -0.3 is 9.88 Å². The number of rotatable bonds is 6. The van der Waals surface area contributed by atoms with Crippen molar-refractivity contribution in [3.8, 4) is 16.9 Å². The molecule has 30 heavy (non-hydrogen) atoms. The quantitative estimate of drug-likeness (QED) is 0.538. The smallest absolute Gasteiger partial charge is 0.253 e. The van der Waals surface area contributed by atoms with Gasteiger partial charge in [0.2, 0.25) is 0 Å². The summed E-state index contributed by atoms with van der Waals surface area (Å²) in [5.41, 5.74) is 2.41. The van der Waals surface area contributed by atoms with Gasteiger partial charge in [-0.15, -0.1) is 0 Å². The summed E-state index contributed by atoms with van der Waals surface area (Å²) >= 11 is 0. The third-order valence-electron chi connectivity index (χ3n) is 4.69. The van der Waals surface area contributed by atoms with Gasteiger partial charge in [-0.3, -0.25) is 14.2 Å². The summed E-state index contributed by atoms with van der Waals surface area (Å²) in [5, 5.41) is 2.81. The number of amides is 1. The Kier molecular flexibility index (Phi) is 5.52. The third kappa shape index (κ3) is 4.35. The number of carbonyl (C=O) groups is 1. The van der Waals surface area contributed by atoms with Crippen molar-refractivity contribution in [3.63, 3.8) is 0 Å². The largest absolute Gasteiger partial charge is 0.350 e. The first-order valence-electron chi connectivity index (χ1n) is 9.44. The van der Waals surface area contributed by atoms with Crippen molar-refractivity contribution in [2.75, 3.05) is 6.54 Å². The summed E-state index contributed by atoms with van der Waals surface area (Å²) in [6, 6.07) is 18.3. The lowest BCUT2D eigenvalue weighted by atomic mass is 10.1. The molecule has 0 unspecified atom stereocenters. The number of carbonyl (C=O) groups excluding carboxylic acids is 1. The van der Waals surface area contributed by atoms with Gasteiger partial charge in [0.1, 0.15) is 5.82 Å². The predicted molar refractivity (Wildman–Crippen MR) is 112 cm³/mol. The number of benzene rings is 2. The predicted octanol–water partition coefficient (Wildman–Crippen LogP) is 3.27. The summed E-state index contributed by atoms with van der Waals surface area (Å²) in [7, 11) is 0. The minimum atomic E-state index is -0.345. The molecule has 0 aliphatic heterocycles. The van der Waals surface area contributed by atoms with E-state index < -0.39 is 0 Å². The molecule has 0 saturated heterocycles. The Bertz CT molecular complexity index is 1200. The summed E-state index contributed by atoms with van der Waals surface area (Å²) < 4.78 is 16.4. The second-order valence-electron chi connectivity index (χ2n) is 6.71. The van der Waals surface area contributed by atoms with Crippen molar-refractivity contribution < 1.29 is 9.18 Å². The Morgan fingerprint density at radius 2 is 1.70 bits per heavy atom. The lowest BCUT2D eigenvalue weighted by Gasteiger charge is -2.09. The molecule has 0 bridgehead atoms. The number of hydrogen-bond donors (Lipinski definition) is 1. The van der Waals surface area contributed by atoms with Gasteiger partial charge in [-0.05, 0) is 60.7 Å². The van der Waals surface area contributed by atoms with Crippen molar-refractivity contribution in [3.05, 3.63) is 107 Å². The lowest BCUT2D eigenvalue weighted by molar-refractivity contribution is 0.0952. The first-order valence-corrected chi connectivity index (χ1v) is 9.44. The molecule has 2 aromatic carbocycles. The molecule has 0 saturated carbocycles. The van der Waals surface area contributed by atoms with Gasteiger partial charge >= 0.3 is 0 Å². The van der Waals surface area contributed by atoms with Crippen LogP contribution in [-0.2, 0) is 6.54 Å². The number of aromatic nitrogens is 3. The minimum absolute atomic E-state index is 0.210. The van der Waals surface area contributed by atoms with E-state index in [1.54, 1.807) is 24.3 Å². The van der Waals surface area contributed by atoms with Crippen molar-refractivity contribution in [1.82, 2.24) is 19.4 Å². The van der Waals surface area contributed by atoms with Gasteiger partial charge in [0.25, 0.3) is 11.5 Å². The Hall–Kier alpha value is -4.00. The van der Waals surface area contributed by atoms with E-state index in [0.29, 0.717) is 23.4 Å². The number of halogens is 1. The molecule has 7 heteroatoms. The second-order valence-corrected chi connectivity index (χ2v) is 6.71. The molecule has 0 spiro atoms. The van der Waals surface area contributed by atoms with Gasteiger partial charge in [0, 0.05) is 48.4 Å². The third-order valence-corrected chi connectivity index (χ3v) is 4.69. The molecule has 6 nitrogen and oxygen atoms in total. The monoisotopic (exact) mass is 402 g/mol. The van der Waals surface area contributed by atoms with Crippen LogP contribution >= 0.6 is 0 Å². The van der Waals surface area contributed by atoms with Crippen LogP contribution in [0, 0.1) is 5.82 Å². The van der Waals surface area contributed by atoms with Crippen LogP contribution in [0.5, 0.6) is 0 Å². The van der Waals surface area contributed by atoms with Crippen LogP contribution in [0.25, 0.3) is 16.9 Å². The average molecular weight is 402 g/mol. The molecular weight excluding hydrogens is 383 g/mol. The standard InChI is InChI=1S/C23H19FN4O2/c24-19-7-3-17(4-8-19)21-15-22(29)28(16-26-21)14-11-25-23(30)18-5-9-20(10-6-18)27-12-1-2-13-27/h1-10,12-13,15-16H,11,14H2,(H,25,30). The Balaban J connectivity index is 1.35. The van der Waals surface area contributed by atoms with E-state index in [1.807, 2.05) is 41.2 Å². The molecule has 2 aromatic heterocycles. The fraction of sp³-hybridized carbons (Fsp3) is 0.0870. The fourth-order valence-corrected chi connectivity index (χ4v) is 3.06. The van der Waals surface area contributed by atoms with E-state index in [-0.39, 0.29) is 23.8 Å². The zero-order valence-electron chi connectivity index (χ0n) is 16.0. The van der Waals surface area contributed by atoms with E-state index in [2.05, 4.69) is 10.3 Å². The molecule has 0 radical (unpaired) electrons. The molecule has 2 heterocycles. The van der Waals surface area contributed by atoms with Crippen molar-refractivity contribution in [1.29, 1.82) is 0 Å². The van der Waals surface area contributed by atoms with Crippen molar-refractivity contribution >= 4 is 5.91 Å². The highest BCUT2D eigenvalue weighted by Gasteiger charge is 2.07. The molecule has 1 amide bonds.